The summed E-state index contributed by atoms with van der Waals surface area (Å²) in [5.41, 5.74) is 0. The topological polar surface area (TPSA) is 56.9 Å². The number of furan rings is 1. The van der Waals surface area contributed by atoms with Crippen molar-refractivity contribution in [2.24, 2.45) is 5.92 Å². The van der Waals surface area contributed by atoms with E-state index < -0.39 is 5.97 Å². The van der Waals surface area contributed by atoms with Crippen LogP contribution in [0.15, 0.2) is 16.5 Å². The van der Waals surface area contributed by atoms with Gasteiger partial charge in [-0.1, -0.05) is 0 Å². The molecule has 0 aromatic carbocycles. The van der Waals surface area contributed by atoms with Crippen molar-refractivity contribution in [1.29, 1.82) is 0 Å². The molecule has 1 aliphatic heterocycles. The van der Waals surface area contributed by atoms with E-state index in [1.54, 1.807) is 6.07 Å². The van der Waals surface area contributed by atoms with E-state index in [2.05, 4.69) is 30.8 Å². The predicted molar refractivity (Wildman–Crippen MR) is 76.9 cm³/mol. The Morgan fingerprint density at radius 1 is 1.45 bits per heavy atom. The summed E-state index contributed by atoms with van der Waals surface area (Å²) >= 11 is 0. The third-order valence-electron chi connectivity index (χ3n) is 4.07. The molecule has 5 nitrogen and oxygen atoms in total. The monoisotopic (exact) mass is 280 g/mol. The van der Waals surface area contributed by atoms with Gasteiger partial charge in [0.25, 0.3) is 0 Å². The van der Waals surface area contributed by atoms with Crippen LogP contribution >= 0.6 is 0 Å². The highest BCUT2D eigenvalue weighted by Gasteiger charge is 2.25. The summed E-state index contributed by atoms with van der Waals surface area (Å²) in [7, 11) is 4.23. The van der Waals surface area contributed by atoms with Gasteiger partial charge in [0.2, 0.25) is 5.76 Å². The van der Waals surface area contributed by atoms with Crippen LogP contribution in [0.3, 0.4) is 0 Å². The molecule has 2 rings (SSSR count). The van der Waals surface area contributed by atoms with Crippen LogP contribution in [0.4, 0.5) is 0 Å². The highest BCUT2D eigenvalue weighted by Crippen LogP contribution is 2.27. The van der Waals surface area contributed by atoms with E-state index in [1.807, 2.05) is 0 Å². The van der Waals surface area contributed by atoms with Gasteiger partial charge >= 0.3 is 5.97 Å². The van der Waals surface area contributed by atoms with Crippen molar-refractivity contribution >= 4 is 5.97 Å². The van der Waals surface area contributed by atoms with Gasteiger partial charge in [-0.25, -0.2) is 4.79 Å². The minimum Gasteiger partial charge on any atom is -0.475 e. The highest BCUT2D eigenvalue weighted by atomic mass is 16.4. The number of piperidine rings is 1. The number of hydrogen-bond donors (Lipinski definition) is 1. The molecule has 1 fully saturated rings. The van der Waals surface area contributed by atoms with Crippen LogP contribution < -0.4 is 0 Å². The number of rotatable bonds is 5. The van der Waals surface area contributed by atoms with E-state index >= 15 is 0 Å². The first-order valence-corrected chi connectivity index (χ1v) is 7.19. The molecular weight excluding hydrogens is 256 g/mol. The SMILES string of the molecule is CC(c1ccc(C(=O)O)o1)N1CCC(CN(C)C)CC1. The van der Waals surface area contributed by atoms with Gasteiger partial charge in [-0.05, 0) is 65.0 Å². The second-order valence-corrected chi connectivity index (χ2v) is 5.92. The summed E-state index contributed by atoms with van der Waals surface area (Å²) in [5, 5.41) is 8.90. The summed E-state index contributed by atoms with van der Waals surface area (Å²) in [4.78, 5) is 15.5. The maximum atomic E-state index is 10.8. The van der Waals surface area contributed by atoms with Crippen molar-refractivity contribution in [3.63, 3.8) is 0 Å². The second kappa shape index (κ2) is 6.41. The lowest BCUT2D eigenvalue weighted by Crippen LogP contribution is -2.38. The zero-order valence-corrected chi connectivity index (χ0v) is 12.5. The number of hydrogen-bond acceptors (Lipinski definition) is 4. The Bertz CT molecular complexity index is 448. The van der Waals surface area contributed by atoms with Crippen LogP contribution in [0.5, 0.6) is 0 Å². The van der Waals surface area contributed by atoms with Crippen molar-refractivity contribution in [2.45, 2.75) is 25.8 Å². The van der Waals surface area contributed by atoms with E-state index in [4.69, 9.17) is 9.52 Å². The molecule has 0 radical (unpaired) electrons. The number of carboxylic acids is 1. The Morgan fingerprint density at radius 3 is 2.60 bits per heavy atom. The van der Waals surface area contributed by atoms with Crippen molar-refractivity contribution in [1.82, 2.24) is 9.80 Å². The number of carbonyl (C=O) groups is 1. The lowest BCUT2D eigenvalue weighted by atomic mass is 9.95. The van der Waals surface area contributed by atoms with Crippen LogP contribution in [0.2, 0.25) is 0 Å². The van der Waals surface area contributed by atoms with E-state index in [0.717, 1.165) is 31.3 Å². The summed E-state index contributed by atoms with van der Waals surface area (Å²) in [6, 6.07) is 3.45. The van der Waals surface area contributed by atoms with Gasteiger partial charge in [0, 0.05) is 6.54 Å². The first-order valence-electron chi connectivity index (χ1n) is 7.19. The minimum absolute atomic E-state index is 0.0225. The molecule has 1 aliphatic rings. The number of carboxylic acid groups (broad SMARTS) is 1. The van der Waals surface area contributed by atoms with Crippen molar-refractivity contribution in [2.75, 3.05) is 33.7 Å². The molecule has 1 atom stereocenters. The Hall–Kier alpha value is -1.33. The fraction of sp³-hybridized carbons (Fsp3) is 0.667. The zero-order valence-electron chi connectivity index (χ0n) is 12.5. The van der Waals surface area contributed by atoms with Crippen LogP contribution in [0.25, 0.3) is 0 Å². The molecule has 20 heavy (non-hydrogen) atoms. The first-order chi connectivity index (χ1) is 9.47. The van der Waals surface area contributed by atoms with Gasteiger partial charge in [0.15, 0.2) is 0 Å². The lowest BCUT2D eigenvalue weighted by molar-refractivity contribution is 0.0652. The van der Waals surface area contributed by atoms with E-state index in [0.29, 0.717) is 0 Å². The van der Waals surface area contributed by atoms with Gasteiger partial charge in [-0.2, -0.15) is 0 Å². The van der Waals surface area contributed by atoms with Crippen LogP contribution in [-0.2, 0) is 0 Å². The molecule has 0 amide bonds. The normalized spacial score (nSPS) is 19.4. The summed E-state index contributed by atoms with van der Waals surface area (Å²) in [5.74, 6) is 0.524. The Morgan fingerprint density at radius 2 is 2.10 bits per heavy atom. The number of nitrogens with zero attached hydrogens (tertiary/aromatic N) is 2. The quantitative estimate of drug-likeness (QED) is 0.897. The number of aromatic carboxylic acids is 1. The van der Waals surface area contributed by atoms with Gasteiger partial charge < -0.3 is 14.4 Å². The molecule has 1 aromatic rings. The molecule has 1 aromatic heterocycles. The molecule has 1 N–H and O–H groups in total. The van der Waals surface area contributed by atoms with Crippen molar-refractivity contribution in [3.05, 3.63) is 23.7 Å². The Labute approximate surface area is 120 Å². The Kier molecular flexibility index (Phi) is 4.83. The second-order valence-electron chi connectivity index (χ2n) is 5.92. The lowest BCUT2D eigenvalue weighted by Gasteiger charge is -2.36. The molecular formula is C15H24N2O3. The minimum atomic E-state index is -1.01. The van der Waals surface area contributed by atoms with Gasteiger partial charge in [-0.3, -0.25) is 4.90 Å². The van der Waals surface area contributed by atoms with Crippen molar-refractivity contribution in [3.8, 4) is 0 Å². The summed E-state index contributed by atoms with van der Waals surface area (Å²) < 4.78 is 5.40. The van der Waals surface area contributed by atoms with Crippen LogP contribution in [0.1, 0.15) is 42.1 Å². The summed E-state index contributed by atoms with van der Waals surface area (Å²) in [6.07, 6.45) is 2.38. The number of likely N-dealkylation sites (tertiary alicyclic amines) is 1. The first kappa shape index (κ1) is 15.1. The molecule has 5 heteroatoms. The van der Waals surface area contributed by atoms with Gasteiger partial charge in [0.05, 0.1) is 6.04 Å². The molecule has 2 heterocycles. The Balaban J connectivity index is 1.90. The molecule has 0 spiro atoms. The van der Waals surface area contributed by atoms with Crippen LogP contribution in [-0.4, -0.2) is 54.6 Å². The van der Waals surface area contributed by atoms with Crippen LogP contribution in [0, 0.1) is 5.92 Å². The maximum Gasteiger partial charge on any atom is 0.371 e. The highest BCUT2D eigenvalue weighted by molar-refractivity contribution is 5.84. The molecule has 0 aliphatic carbocycles. The van der Waals surface area contributed by atoms with Gasteiger partial charge in [0.1, 0.15) is 5.76 Å². The largest absolute Gasteiger partial charge is 0.475 e. The average Bonchev–Trinajstić information content (AvgIpc) is 2.88. The van der Waals surface area contributed by atoms with E-state index in [1.165, 1.54) is 18.9 Å². The fourth-order valence-electron chi connectivity index (χ4n) is 2.91. The summed E-state index contributed by atoms with van der Waals surface area (Å²) in [6.45, 7) is 5.31. The molecule has 0 bridgehead atoms. The maximum absolute atomic E-state index is 10.8. The van der Waals surface area contributed by atoms with E-state index in [9.17, 15) is 4.79 Å². The fourth-order valence-corrected chi connectivity index (χ4v) is 2.91. The smallest absolute Gasteiger partial charge is 0.371 e. The van der Waals surface area contributed by atoms with E-state index in [-0.39, 0.29) is 11.8 Å². The molecule has 1 unspecified atom stereocenters. The standard InChI is InChI=1S/C15H24N2O3/c1-11(13-4-5-14(20-13)15(18)19)17-8-6-12(7-9-17)10-16(2)3/h4-5,11-12H,6-10H2,1-3H3,(H,18,19). The third kappa shape index (κ3) is 3.61. The molecule has 1 saturated heterocycles. The zero-order chi connectivity index (χ0) is 14.7. The van der Waals surface area contributed by atoms with Crippen molar-refractivity contribution < 1.29 is 14.3 Å². The van der Waals surface area contributed by atoms with Gasteiger partial charge in [-0.15, -0.1) is 0 Å². The predicted octanol–water partition coefficient (Wildman–Crippen LogP) is 2.31. The third-order valence-corrected chi connectivity index (χ3v) is 4.07. The molecule has 0 saturated carbocycles. The molecule has 112 valence electrons. The average molecular weight is 280 g/mol.